The first-order valence-electron chi connectivity index (χ1n) is 7.36. The molecule has 110 valence electrons. The number of piperidine rings is 1. The number of ether oxygens (including phenoxy) is 2. The van der Waals surface area contributed by atoms with E-state index in [2.05, 4.69) is 18.9 Å². The topological polar surface area (TPSA) is 47.7 Å². The number of hydrogen-bond acceptors (Lipinski definition) is 4. The highest BCUT2D eigenvalue weighted by molar-refractivity contribution is 5.44. The molecule has 4 nitrogen and oxygen atoms in total. The number of rotatable bonds is 1. The minimum Gasteiger partial charge on any atom is -0.497 e. The smallest absolute Gasteiger partial charge is 0.128 e. The van der Waals surface area contributed by atoms with Crippen molar-refractivity contribution in [2.75, 3.05) is 20.7 Å². The highest BCUT2D eigenvalue weighted by Crippen LogP contribution is 2.45. The Bertz CT molecular complexity index is 505. The summed E-state index contributed by atoms with van der Waals surface area (Å²) in [6.07, 6.45) is 2.98. The zero-order valence-corrected chi connectivity index (χ0v) is 12.6. The number of nitrogens with two attached hydrogens (primary N) is 1. The summed E-state index contributed by atoms with van der Waals surface area (Å²) in [5, 5.41) is 0. The molecule has 20 heavy (non-hydrogen) atoms. The van der Waals surface area contributed by atoms with Crippen LogP contribution in [0.2, 0.25) is 0 Å². The minimum atomic E-state index is -0.106. The molecule has 4 heteroatoms. The summed E-state index contributed by atoms with van der Waals surface area (Å²) in [6.45, 7) is 3.32. The van der Waals surface area contributed by atoms with E-state index in [1.54, 1.807) is 7.11 Å². The maximum absolute atomic E-state index is 6.41. The monoisotopic (exact) mass is 276 g/mol. The molecule has 0 aromatic heterocycles. The number of methoxy groups -OCH3 is 1. The van der Waals surface area contributed by atoms with Crippen LogP contribution in [0.4, 0.5) is 0 Å². The van der Waals surface area contributed by atoms with E-state index in [9.17, 15) is 0 Å². The van der Waals surface area contributed by atoms with E-state index in [1.807, 2.05) is 18.2 Å². The van der Waals surface area contributed by atoms with E-state index in [1.165, 1.54) is 0 Å². The van der Waals surface area contributed by atoms with Crippen LogP contribution in [0.5, 0.6) is 11.5 Å². The summed E-state index contributed by atoms with van der Waals surface area (Å²) in [5.74, 6) is 1.73. The quantitative estimate of drug-likeness (QED) is 0.855. The van der Waals surface area contributed by atoms with Gasteiger partial charge in [0, 0.05) is 43.1 Å². The van der Waals surface area contributed by atoms with Crippen molar-refractivity contribution >= 4 is 0 Å². The summed E-state index contributed by atoms with van der Waals surface area (Å²) >= 11 is 0. The summed E-state index contributed by atoms with van der Waals surface area (Å²) < 4.78 is 11.7. The molecule has 0 saturated carbocycles. The van der Waals surface area contributed by atoms with Gasteiger partial charge in [-0.25, -0.2) is 0 Å². The zero-order chi connectivity index (χ0) is 14.3. The first-order valence-corrected chi connectivity index (χ1v) is 7.36. The van der Waals surface area contributed by atoms with Crippen LogP contribution < -0.4 is 15.2 Å². The standard InChI is InChI=1S/C16H24N2O2/c1-11-9-16(6-7-18(11)2)10-14(17)13-5-4-12(19-3)8-15(13)20-16/h4-5,8,11,14H,6-7,9-10,17H2,1-3H3/t11?,14-,16?/m0/s1. The van der Waals surface area contributed by atoms with Crippen LogP contribution in [-0.4, -0.2) is 37.2 Å². The molecule has 2 aliphatic rings. The second-order valence-corrected chi connectivity index (χ2v) is 6.28. The Morgan fingerprint density at radius 3 is 2.90 bits per heavy atom. The first-order chi connectivity index (χ1) is 9.53. The number of benzene rings is 1. The third-order valence-electron chi connectivity index (χ3n) is 4.88. The van der Waals surface area contributed by atoms with Crippen LogP contribution in [0, 0.1) is 0 Å². The molecular weight excluding hydrogens is 252 g/mol. The molecule has 1 saturated heterocycles. The van der Waals surface area contributed by atoms with Crippen LogP contribution in [0.15, 0.2) is 18.2 Å². The van der Waals surface area contributed by atoms with Gasteiger partial charge in [-0.15, -0.1) is 0 Å². The van der Waals surface area contributed by atoms with E-state index in [0.29, 0.717) is 6.04 Å². The van der Waals surface area contributed by atoms with Crippen LogP contribution >= 0.6 is 0 Å². The van der Waals surface area contributed by atoms with Gasteiger partial charge in [-0.3, -0.25) is 0 Å². The Balaban J connectivity index is 1.91. The van der Waals surface area contributed by atoms with Gasteiger partial charge in [0.25, 0.3) is 0 Å². The number of nitrogens with zero attached hydrogens (tertiary/aromatic N) is 1. The third-order valence-corrected chi connectivity index (χ3v) is 4.88. The highest BCUT2D eigenvalue weighted by Gasteiger charge is 2.44. The van der Waals surface area contributed by atoms with Gasteiger partial charge in [0.15, 0.2) is 0 Å². The second-order valence-electron chi connectivity index (χ2n) is 6.28. The molecule has 1 aromatic carbocycles. The van der Waals surface area contributed by atoms with Gasteiger partial charge in [-0.2, -0.15) is 0 Å². The molecule has 1 aromatic rings. The van der Waals surface area contributed by atoms with Crippen LogP contribution in [-0.2, 0) is 0 Å². The molecule has 3 atom stereocenters. The molecule has 0 bridgehead atoms. The maximum Gasteiger partial charge on any atom is 0.128 e. The SMILES string of the molecule is COc1ccc2c(c1)OC1(CCN(C)C(C)C1)C[C@@H]2N. The predicted molar refractivity (Wildman–Crippen MR) is 79.2 cm³/mol. The lowest BCUT2D eigenvalue weighted by Crippen LogP contribution is -2.53. The van der Waals surface area contributed by atoms with Crippen LogP contribution in [0.3, 0.4) is 0 Å². The van der Waals surface area contributed by atoms with Gasteiger partial charge in [0.2, 0.25) is 0 Å². The molecule has 1 spiro atoms. The molecule has 0 amide bonds. The average molecular weight is 276 g/mol. The lowest BCUT2D eigenvalue weighted by molar-refractivity contribution is -0.0358. The van der Waals surface area contributed by atoms with Crippen molar-refractivity contribution in [3.63, 3.8) is 0 Å². The molecule has 1 fully saturated rings. The number of hydrogen-bond donors (Lipinski definition) is 1. The lowest BCUT2D eigenvalue weighted by Gasteiger charge is -2.48. The van der Waals surface area contributed by atoms with Gasteiger partial charge in [0.1, 0.15) is 17.1 Å². The molecule has 0 aliphatic carbocycles. The number of likely N-dealkylation sites (tertiary alicyclic amines) is 1. The van der Waals surface area contributed by atoms with Gasteiger partial charge in [-0.05, 0) is 26.5 Å². The lowest BCUT2D eigenvalue weighted by atomic mass is 9.78. The molecule has 3 rings (SSSR count). The summed E-state index contributed by atoms with van der Waals surface area (Å²) in [6, 6.07) is 6.55. The van der Waals surface area contributed by atoms with E-state index in [-0.39, 0.29) is 11.6 Å². The van der Waals surface area contributed by atoms with Crippen LogP contribution in [0.25, 0.3) is 0 Å². The molecule has 2 unspecified atom stereocenters. The van der Waals surface area contributed by atoms with Gasteiger partial charge >= 0.3 is 0 Å². The largest absolute Gasteiger partial charge is 0.497 e. The van der Waals surface area contributed by atoms with E-state index in [0.717, 1.165) is 42.9 Å². The highest BCUT2D eigenvalue weighted by atomic mass is 16.5. The second kappa shape index (κ2) is 4.93. The first kappa shape index (κ1) is 13.7. The predicted octanol–water partition coefficient (Wildman–Crippen LogP) is 2.33. The molecule has 2 N–H and O–H groups in total. The Morgan fingerprint density at radius 2 is 2.20 bits per heavy atom. The fourth-order valence-corrected chi connectivity index (χ4v) is 3.50. The van der Waals surface area contributed by atoms with Crippen molar-refractivity contribution < 1.29 is 9.47 Å². The fourth-order valence-electron chi connectivity index (χ4n) is 3.50. The number of fused-ring (bicyclic) bond motifs is 1. The molecule has 0 radical (unpaired) electrons. The Hall–Kier alpha value is -1.26. The molecule has 2 aliphatic heterocycles. The van der Waals surface area contributed by atoms with Crippen LogP contribution in [0.1, 0.15) is 37.8 Å². The minimum absolute atomic E-state index is 0.0558. The van der Waals surface area contributed by atoms with Crippen molar-refractivity contribution in [3.8, 4) is 11.5 Å². The Kier molecular flexibility index (Phi) is 3.38. The van der Waals surface area contributed by atoms with Crippen molar-refractivity contribution in [2.45, 2.75) is 43.9 Å². The van der Waals surface area contributed by atoms with Crippen molar-refractivity contribution in [1.29, 1.82) is 0 Å². The van der Waals surface area contributed by atoms with E-state index >= 15 is 0 Å². The Morgan fingerprint density at radius 1 is 1.40 bits per heavy atom. The average Bonchev–Trinajstić information content (AvgIpc) is 2.43. The third kappa shape index (κ3) is 2.27. The van der Waals surface area contributed by atoms with Gasteiger partial charge in [0.05, 0.1) is 7.11 Å². The van der Waals surface area contributed by atoms with Crippen molar-refractivity contribution in [1.82, 2.24) is 4.90 Å². The summed E-state index contributed by atoms with van der Waals surface area (Å²) in [7, 11) is 3.86. The van der Waals surface area contributed by atoms with Gasteiger partial charge in [-0.1, -0.05) is 6.07 Å². The summed E-state index contributed by atoms with van der Waals surface area (Å²) in [5.41, 5.74) is 7.38. The normalized spacial score (nSPS) is 33.6. The maximum atomic E-state index is 6.41. The Labute approximate surface area is 120 Å². The van der Waals surface area contributed by atoms with Crippen molar-refractivity contribution in [2.24, 2.45) is 5.73 Å². The fraction of sp³-hybridized carbons (Fsp3) is 0.625. The molecule has 2 heterocycles. The van der Waals surface area contributed by atoms with Crippen molar-refractivity contribution in [3.05, 3.63) is 23.8 Å². The summed E-state index contributed by atoms with van der Waals surface area (Å²) in [4.78, 5) is 2.39. The zero-order valence-electron chi connectivity index (χ0n) is 12.6. The van der Waals surface area contributed by atoms with E-state index in [4.69, 9.17) is 15.2 Å². The van der Waals surface area contributed by atoms with Gasteiger partial charge < -0.3 is 20.1 Å². The van der Waals surface area contributed by atoms with E-state index < -0.39 is 0 Å². The molecular formula is C16H24N2O2.